The molecule has 1 saturated carbocycles. The molecule has 0 amide bonds. The molecule has 0 saturated heterocycles. The normalized spacial score (nSPS) is 16.3. The van der Waals surface area contributed by atoms with E-state index in [2.05, 4.69) is 20.3 Å². The molecule has 0 radical (unpaired) electrons. The topological polar surface area (TPSA) is 91.7 Å². The SMILES string of the molecule is NNc1cn2ccnc2c(N(CCO)C2CCCCC2)n1. The predicted octanol–water partition coefficient (Wildman–Crippen LogP) is 1.15. The molecule has 114 valence electrons. The first-order valence-corrected chi connectivity index (χ1v) is 7.51. The first-order valence-electron chi connectivity index (χ1n) is 7.51. The van der Waals surface area contributed by atoms with Crippen molar-refractivity contribution in [2.75, 3.05) is 23.5 Å². The van der Waals surface area contributed by atoms with Crippen LogP contribution in [0.4, 0.5) is 11.6 Å². The van der Waals surface area contributed by atoms with Crippen molar-refractivity contribution in [3.63, 3.8) is 0 Å². The van der Waals surface area contributed by atoms with Gasteiger partial charge in [-0.1, -0.05) is 19.3 Å². The molecule has 0 aliphatic heterocycles. The molecular formula is C14H22N6O. The van der Waals surface area contributed by atoms with Gasteiger partial charge < -0.3 is 19.8 Å². The fourth-order valence-corrected chi connectivity index (χ4v) is 3.14. The van der Waals surface area contributed by atoms with Gasteiger partial charge in [-0.3, -0.25) is 0 Å². The van der Waals surface area contributed by atoms with E-state index in [-0.39, 0.29) is 6.61 Å². The van der Waals surface area contributed by atoms with E-state index in [1.54, 1.807) is 6.20 Å². The van der Waals surface area contributed by atoms with Gasteiger partial charge in [-0.05, 0) is 12.8 Å². The Labute approximate surface area is 123 Å². The van der Waals surface area contributed by atoms with E-state index >= 15 is 0 Å². The molecule has 1 fully saturated rings. The minimum Gasteiger partial charge on any atom is -0.395 e. The lowest BCUT2D eigenvalue weighted by Gasteiger charge is -2.35. The van der Waals surface area contributed by atoms with Gasteiger partial charge in [0.1, 0.15) is 0 Å². The molecule has 4 N–H and O–H groups in total. The second kappa shape index (κ2) is 6.28. The van der Waals surface area contributed by atoms with Crippen LogP contribution in [0, 0.1) is 0 Å². The highest BCUT2D eigenvalue weighted by molar-refractivity contribution is 5.67. The Bertz CT molecular complexity index is 592. The molecule has 0 bridgehead atoms. The van der Waals surface area contributed by atoms with Crippen LogP contribution in [0.25, 0.3) is 5.65 Å². The maximum absolute atomic E-state index is 9.44. The molecule has 7 nitrogen and oxygen atoms in total. The van der Waals surface area contributed by atoms with Gasteiger partial charge in [0.15, 0.2) is 17.3 Å². The molecule has 0 aromatic carbocycles. The minimum atomic E-state index is 0.103. The quantitative estimate of drug-likeness (QED) is 0.565. The van der Waals surface area contributed by atoms with E-state index in [9.17, 15) is 5.11 Å². The lowest BCUT2D eigenvalue weighted by Crippen LogP contribution is -2.40. The third-order valence-corrected chi connectivity index (χ3v) is 4.13. The maximum Gasteiger partial charge on any atom is 0.180 e. The summed E-state index contributed by atoms with van der Waals surface area (Å²) in [5.41, 5.74) is 3.40. The van der Waals surface area contributed by atoms with Gasteiger partial charge >= 0.3 is 0 Å². The first kappa shape index (κ1) is 14.1. The van der Waals surface area contributed by atoms with E-state index in [4.69, 9.17) is 5.84 Å². The molecule has 0 unspecified atom stereocenters. The van der Waals surface area contributed by atoms with Crippen molar-refractivity contribution >= 4 is 17.3 Å². The Morgan fingerprint density at radius 1 is 1.38 bits per heavy atom. The Hall–Kier alpha value is -1.86. The fourth-order valence-electron chi connectivity index (χ4n) is 3.14. The van der Waals surface area contributed by atoms with Crippen molar-refractivity contribution in [2.24, 2.45) is 5.84 Å². The Morgan fingerprint density at radius 3 is 2.90 bits per heavy atom. The highest BCUT2D eigenvalue weighted by Crippen LogP contribution is 2.29. The van der Waals surface area contributed by atoms with Gasteiger partial charge in [0, 0.05) is 25.0 Å². The van der Waals surface area contributed by atoms with Crippen LogP contribution in [0.2, 0.25) is 0 Å². The smallest absolute Gasteiger partial charge is 0.180 e. The van der Waals surface area contributed by atoms with Crippen LogP contribution in [0.5, 0.6) is 0 Å². The number of anilines is 2. The van der Waals surface area contributed by atoms with Crippen molar-refractivity contribution in [3.05, 3.63) is 18.6 Å². The number of nitrogens with one attached hydrogen (secondary N) is 1. The van der Waals surface area contributed by atoms with E-state index < -0.39 is 0 Å². The highest BCUT2D eigenvalue weighted by atomic mass is 16.3. The molecule has 0 spiro atoms. The van der Waals surface area contributed by atoms with Gasteiger partial charge in [-0.25, -0.2) is 15.8 Å². The number of aliphatic hydroxyl groups is 1. The van der Waals surface area contributed by atoms with E-state index in [0.29, 0.717) is 18.4 Å². The number of rotatable bonds is 5. The van der Waals surface area contributed by atoms with E-state index in [0.717, 1.165) is 24.3 Å². The summed E-state index contributed by atoms with van der Waals surface area (Å²) >= 11 is 0. The van der Waals surface area contributed by atoms with Crippen LogP contribution in [0.15, 0.2) is 18.6 Å². The molecule has 0 atom stereocenters. The van der Waals surface area contributed by atoms with Crippen molar-refractivity contribution in [2.45, 2.75) is 38.1 Å². The lowest BCUT2D eigenvalue weighted by atomic mass is 9.94. The van der Waals surface area contributed by atoms with Gasteiger partial charge in [0.25, 0.3) is 0 Å². The van der Waals surface area contributed by atoms with Crippen LogP contribution in [0.1, 0.15) is 32.1 Å². The fraction of sp³-hybridized carbons (Fsp3) is 0.571. The monoisotopic (exact) mass is 290 g/mol. The molecule has 2 aromatic rings. The van der Waals surface area contributed by atoms with Gasteiger partial charge in [-0.2, -0.15) is 0 Å². The zero-order valence-corrected chi connectivity index (χ0v) is 12.1. The standard InChI is InChI=1S/C14H22N6O/c15-18-12-10-19-7-6-16-13(19)14(17-12)20(8-9-21)11-4-2-1-3-5-11/h6-7,10-11,18,21H,1-5,8-9,15H2. The van der Waals surface area contributed by atoms with Crippen LogP contribution in [0.3, 0.4) is 0 Å². The van der Waals surface area contributed by atoms with E-state index in [1.807, 2.05) is 16.8 Å². The molecule has 7 heteroatoms. The average Bonchev–Trinajstić information content (AvgIpc) is 3.01. The predicted molar refractivity (Wildman–Crippen MR) is 82.1 cm³/mol. The number of aromatic nitrogens is 3. The number of hydrazine groups is 1. The number of nitrogens with zero attached hydrogens (tertiary/aromatic N) is 4. The number of imidazole rings is 1. The molecule has 2 aromatic heterocycles. The van der Waals surface area contributed by atoms with Crippen LogP contribution in [-0.2, 0) is 0 Å². The van der Waals surface area contributed by atoms with Crippen molar-refractivity contribution in [1.29, 1.82) is 0 Å². The van der Waals surface area contributed by atoms with Crippen molar-refractivity contribution < 1.29 is 5.11 Å². The second-order valence-corrected chi connectivity index (χ2v) is 5.46. The third-order valence-electron chi connectivity index (χ3n) is 4.13. The summed E-state index contributed by atoms with van der Waals surface area (Å²) in [7, 11) is 0. The summed E-state index contributed by atoms with van der Waals surface area (Å²) in [5, 5.41) is 9.44. The van der Waals surface area contributed by atoms with Gasteiger partial charge in [0.05, 0.1) is 12.8 Å². The molecular weight excluding hydrogens is 268 g/mol. The molecule has 2 heterocycles. The maximum atomic E-state index is 9.44. The minimum absolute atomic E-state index is 0.103. The second-order valence-electron chi connectivity index (χ2n) is 5.46. The summed E-state index contributed by atoms with van der Waals surface area (Å²) in [6.07, 6.45) is 11.4. The van der Waals surface area contributed by atoms with Crippen LogP contribution >= 0.6 is 0 Å². The van der Waals surface area contributed by atoms with E-state index in [1.165, 1.54) is 19.3 Å². The number of hydrogen-bond acceptors (Lipinski definition) is 6. The zero-order chi connectivity index (χ0) is 14.7. The van der Waals surface area contributed by atoms with Crippen molar-refractivity contribution in [3.8, 4) is 0 Å². The first-order chi connectivity index (χ1) is 10.3. The number of aliphatic hydroxyl groups excluding tert-OH is 1. The Balaban J connectivity index is 2.02. The zero-order valence-electron chi connectivity index (χ0n) is 12.1. The Morgan fingerprint density at radius 2 is 2.19 bits per heavy atom. The number of hydrogen-bond donors (Lipinski definition) is 3. The number of fused-ring (bicyclic) bond motifs is 1. The molecule has 3 rings (SSSR count). The van der Waals surface area contributed by atoms with Crippen molar-refractivity contribution in [1.82, 2.24) is 14.4 Å². The molecule has 1 aliphatic carbocycles. The lowest BCUT2D eigenvalue weighted by molar-refractivity contribution is 0.289. The molecule has 1 aliphatic rings. The number of nitrogen functional groups attached to an aromatic ring is 1. The average molecular weight is 290 g/mol. The highest BCUT2D eigenvalue weighted by Gasteiger charge is 2.24. The summed E-state index contributed by atoms with van der Waals surface area (Å²) in [4.78, 5) is 11.2. The summed E-state index contributed by atoms with van der Waals surface area (Å²) in [6.45, 7) is 0.666. The largest absolute Gasteiger partial charge is 0.395 e. The van der Waals surface area contributed by atoms with Gasteiger partial charge in [0.2, 0.25) is 0 Å². The summed E-state index contributed by atoms with van der Waals surface area (Å²) in [6, 6.07) is 0.409. The third kappa shape index (κ3) is 2.79. The molecule has 21 heavy (non-hydrogen) atoms. The van der Waals surface area contributed by atoms with Crippen LogP contribution in [-0.4, -0.2) is 38.7 Å². The Kier molecular flexibility index (Phi) is 4.21. The van der Waals surface area contributed by atoms with Crippen LogP contribution < -0.4 is 16.2 Å². The number of nitrogens with two attached hydrogens (primary N) is 1. The summed E-state index contributed by atoms with van der Waals surface area (Å²) < 4.78 is 1.91. The van der Waals surface area contributed by atoms with Gasteiger partial charge in [-0.15, -0.1) is 0 Å². The summed E-state index contributed by atoms with van der Waals surface area (Å²) in [5.74, 6) is 6.90.